The van der Waals surface area contributed by atoms with Gasteiger partial charge < -0.3 is 15.4 Å². The van der Waals surface area contributed by atoms with Crippen LogP contribution in [0.2, 0.25) is 0 Å². The Morgan fingerprint density at radius 2 is 1.94 bits per heavy atom. The van der Waals surface area contributed by atoms with Gasteiger partial charge in [0.25, 0.3) is 5.91 Å². The first-order valence-corrected chi connectivity index (χ1v) is 6.21. The predicted octanol–water partition coefficient (Wildman–Crippen LogP) is 0.814. The molecule has 2 aliphatic rings. The first-order valence-electron chi connectivity index (χ1n) is 6.21. The second-order valence-corrected chi connectivity index (χ2v) is 5.45. The maximum Gasteiger partial charge on any atom is 0.252 e. The van der Waals surface area contributed by atoms with Crippen LogP contribution < -0.4 is 10.6 Å². The molecule has 16 heavy (non-hydrogen) atoms. The van der Waals surface area contributed by atoms with Crippen LogP contribution >= 0.6 is 0 Å². The fraction of sp³-hybridized carbons (Fsp3) is 0.917. The Kier molecular flexibility index (Phi) is 3.22. The molecule has 0 saturated carbocycles. The van der Waals surface area contributed by atoms with Gasteiger partial charge in [-0.05, 0) is 52.6 Å². The predicted molar refractivity (Wildman–Crippen MR) is 62.2 cm³/mol. The van der Waals surface area contributed by atoms with Gasteiger partial charge in [0.2, 0.25) is 0 Å². The van der Waals surface area contributed by atoms with Gasteiger partial charge in [-0.15, -0.1) is 0 Å². The summed E-state index contributed by atoms with van der Waals surface area (Å²) in [5, 5.41) is 6.48. The molecule has 0 spiro atoms. The third-order valence-electron chi connectivity index (χ3n) is 3.82. The summed E-state index contributed by atoms with van der Waals surface area (Å²) < 4.78 is 5.56. The second-order valence-electron chi connectivity index (χ2n) is 5.45. The van der Waals surface area contributed by atoms with Crippen LogP contribution in [0.25, 0.3) is 0 Å². The van der Waals surface area contributed by atoms with Crippen LogP contribution in [0.4, 0.5) is 0 Å². The Hall–Kier alpha value is -0.610. The third-order valence-corrected chi connectivity index (χ3v) is 3.82. The number of ether oxygens (including phenoxy) is 1. The van der Waals surface area contributed by atoms with E-state index in [4.69, 9.17) is 4.74 Å². The molecule has 0 aromatic carbocycles. The SMILES string of the molecule is CC1(NC(=O)C2(C)CCCO2)CCNCC1. The quantitative estimate of drug-likeness (QED) is 0.732. The van der Waals surface area contributed by atoms with Crippen LogP contribution in [-0.2, 0) is 9.53 Å². The van der Waals surface area contributed by atoms with Crippen molar-refractivity contribution in [1.82, 2.24) is 10.6 Å². The molecule has 0 bridgehead atoms. The molecule has 2 aliphatic heterocycles. The van der Waals surface area contributed by atoms with Gasteiger partial charge >= 0.3 is 0 Å². The van der Waals surface area contributed by atoms with Crippen molar-refractivity contribution in [3.63, 3.8) is 0 Å². The number of amides is 1. The Morgan fingerprint density at radius 1 is 1.25 bits per heavy atom. The fourth-order valence-electron chi connectivity index (χ4n) is 2.47. The summed E-state index contributed by atoms with van der Waals surface area (Å²) in [6.07, 6.45) is 3.82. The lowest BCUT2D eigenvalue weighted by atomic mass is 9.89. The lowest BCUT2D eigenvalue weighted by Gasteiger charge is -2.37. The molecule has 2 saturated heterocycles. The summed E-state index contributed by atoms with van der Waals surface area (Å²) in [6, 6.07) is 0. The molecule has 2 heterocycles. The molecule has 2 fully saturated rings. The molecule has 1 atom stereocenters. The molecule has 0 aromatic heterocycles. The zero-order valence-corrected chi connectivity index (χ0v) is 10.3. The lowest BCUT2D eigenvalue weighted by Crippen LogP contribution is -2.57. The number of carbonyl (C=O) groups is 1. The van der Waals surface area contributed by atoms with E-state index in [-0.39, 0.29) is 11.4 Å². The summed E-state index contributed by atoms with van der Waals surface area (Å²) >= 11 is 0. The smallest absolute Gasteiger partial charge is 0.252 e. The molecule has 2 rings (SSSR count). The van der Waals surface area contributed by atoms with Crippen LogP contribution in [0.1, 0.15) is 39.5 Å². The van der Waals surface area contributed by atoms with E-state index in [1.807, 2.05) is 6.92 Å². The number of nitrogens with one attached hydrogen (secondary N) is 2. The molecule has 92 valence electrons. The van der Waals surface area contributed by atoms with Crippen LogP contribution in [0, 0.1) is 0 Å². The minimum absolute atomic E-state index is 0.0582. The average Bonchev–Trinajstić information content (AvgIpc) is 2.67. The molecule has 0 aromatic rings. The highest BCUT2D eigenvalue weighted by Gasteiger charge is 2.41. The first-order chi connectivity index (χ1) is 7.54. The average molecular weight is 226 g/mol. The molecule has 1 unspecified atom stereocenters. The molecule has 1 amide bonds. The van der Waals surface area contributed by atoms with Crippen LogP contribution in [0.3, 0.4) is 0 Å². The Labute approximate surface area is 97.1 Å². The number of carbonyl (C=O) groups excluding carboxylic acids is 1. The van der Waals surface area contributed by atoms with Gasteiger partial charge in [-0.25, -0.2) is 0 Å². The van der Waals surface area contributed by atoms with Crippen LogP contribution in [-0.4, -0.2) is 36.7 Å². The van der Waals surface area contributed by atoms with Crippen molar-refractivity contribution in [2.24, 2.45) is 0 Å². The standard InChI is InChI=1S/C12H22N2O2/c1-11(5-7-13-8-6-11)14-10(15)12(2)4-3-9-16-12/h13H,3-9H2,1-2H3,(H,14,15). The summed E-state index contributed by atoms with van der Waals surface area (Å²) in [7, 11) is 0. The summed E-state index contributed by atoms with van der Waals surface area (Å²) in [4.78, 5) is 12.2. The van der Waals surface area contributed by atoms with Gasteiger partial charge in [0.05, 0.1) is 0 Å². The highest BCUT2D eigenvalue weighted by molar-refractivity contribution is 5.85. The Bertz CT molecular complexity index is 266. The Balaban J connectivity index is 1.95. The van der Waals surface area contributed by atoms with Crippen molar-refractivity contribution in [3.05, 3.63) is 0 Å². The van der Waals surface area contributed by atoms with Gasteiger partial charge in [0.1, 0.15) is 5.60 Å². The first kappa shape index (κ1) is 11.9. The third kappa shape index (κ3) is 2.38. The zero-order valence-electron chi connectivity index (χ0n) is 10.3. The minimum Gasteiger partial charge on any atom is -0.365 e. The monoisotopic (exact) mass is 226 g/mol. The van der Waals surface area contributed by atoms with E-state index in [1.165, 1.54) is 0 Å². The lowest BCUT2D eigenvalue weighted by molar-refractivity contribution is -0.141. The van der Waals surface area contributed by atoms with Gasteiger partial charge in [0.15, 0.2) is 0 Å². The van der Waals surface area contributed by atoms with Gasteiger partial charge in [-0.1, -0.05) is 0 Å². The zero-order chi connectivity index (χ0) is 11.6. The second kappa shape index (κ2) is 4.34. The fourth-order valence-corrected chi connectivity index (χ4v) is 2.47. The highest BCUT2D eigenvalue weighted by atomic mass is 16.5. The highest BCUT2D eigenvalue weighted by Crippen LogP contribution is 2.27. The normalized spacial score (nSPS) is 33.6. The molecule has 4 nitrogen and oxygen atoms in total. The minimum atomic E-state index is -0.589. The molecule has 0 aliphatic carbocycles. The molecular formula is C12H22N2O2. The van der Waals surface area contributed by atoms with Crippen LogP contribution in [0.5, 0.6) is 0 Å². The number of rotatable bonds is 2. The van der Waals surface area contributed by atoms with Gasteiger partial charge in [-0.3, -0.25) is 4.79 Å². The maximum atomic E-state index is 12.2. The summed E-state index contributed by atoms with van der Waals surface area (Å²) in [5.74, 6) is 0.0643. The number of hydrogen-bond acceptors (Lipinski definition) is 3. The van der Waals surface area contributed by atoms with E-state index in [0.717, 1.165) is 38.8 Å². The summed E-state index contributed by atoms with van der Waals surface area (Å²) in [5.41, 5.74) is -0.648. The molecular weight excluding hydrogens is 204 g/mol. The molecule has 4 heteroatoms. The van der Waals surface area contributed by atoms with E-state index in [1.54, 1.807) is 0 Å². The van der Waals surface area contributed by atoms with Gasteiger partial charge in [0, 0.05) is 12.1 Å². The Morgan fingerprint density at radius 3 is 2.50 bits per heavy atom. The van der Waals surface area contributed by atoms with Crippen molar-refractivity contribution < 1.29 is 9.53 Å². The molecule has 0 radical (unpaired) electrons. The van der Waals surface area contributed by atoms with Crippen molar-refractivity contribution in [1.29, 1.82) is 0 Å². The number of hydrogen-bond donors (Lipinski definition) is 2. The summed E-state index contributed by atoms with van der Waals surface area (Å²) in [6.45, 7) is 6.70. The van der Waals surface area contributed by atoms with Crippen molar-refractivity contribution in [2.45, 2.75) is 50.7 Å². The van der Waals surface area contributed by atoms with Crippen molar-refractivity contribution >= 4 is 5.91 Å². The maximum absolute atomic E-state index is 12.2. The van der Waals surface area contributed by atoms with E-state index in [0.29, 0.717) is 6.61 Å². The van der Waals surface area contributed by atoms with Crippen molar-refractivity contribution in [2.75, 3.05) is 19.7 Å². The van der Waals surface area contributed by atoms with Crippen LogP contribution in [0.15, 0.2) is 0 Å². The van der Waals surface area contributed by atoms with E-state index < -0.39 is 5.60 Å². The van der Waals surface area contributed by atoms with E-state index >= 15 is 0 Å². The van der Waals surface area contributed by atoms with E-state index in [9.17, 15) is 4.79 Å². The van der Waals surface area contributed by atoms with Gasteiger partial charge in [-0.2, -0.15) is 0 Å². The van der Waals surface area contributed by atoms with E-state index in [2.05, 4.69) is 17.6 Å². The largest absolute Gasteiger partial charge is 0.365 e. The van der Waals surface area contributed by atoms with Crippen molar-refractivity contribution in [3.8, 4) is 0 Å². The molecule has 2 N–H and O–H groups in total. The topological polar surface area (TPSA) is 50.4 Å². The number of piperidine rings is 1.